The molecule has 10 heteroatoms. The maximum atomic E-state index is 12.3. The molecular formula is C15H28N4O5S. The summed E-state index contributed by atoms with van der Waals surface area (Å²) in [6.45, 7) is 4.62. The molecule has 0 heterocycles. The van der Waals surface area contributed by atoms with Gasteiger partial charge in [-0.25, -0.2) is 4.79 Å². The first-order chi connectivity index (χ1) is 11.6. The number of amides is 3. The summed E-state index contributed by atoms with van der Waals surface area (Å²) in [4.78, 5) is 46.8. The van der Waals surface area contributed by atoms with E-state index < -0.39 is 41.8 Å². The number of hydrogen-bond donors (Lipinski definition) is 5. The van der Waals surface area contributed by atoms with Gasteiger partial charge in [-0.15, -0.1) is 0 Å². The van der Waals surface area contributed by atoms with E-state index in [1.807, 2.05) is 6.26 Å². The number of nitrogens with two attached hydrogens (primary N) is 1. The van der Waals surface area contributed by atoms with Crippen LogP contribution in [0.25, 0.3) is 0 Å². The van der Waals surface area contributed by atoms with Gasteiger partial charge >= 0.3 is 5.97 Å². The molecule has 3 amide bonds. The van der Waals surface area contributed by atoms with Crippen LogP contribution >= 0.6 is 11.8 Å². The van der Waals surface area contributed by atoms with Gasteiger partial charge in [0.05, 0.1) is 12.6 Å². The second kappa shape index (κ2) is 11.7. The Morgan fingerprint density at radius 3 is 2.12 bits per heavy atom. The molecule has 144 valence electrons. The topological polar surface area (TPSA) is 151 Å². The maximum Gasteiger partial charge on any atom is 0.326 e. The highest BCUT2D eigenvalue weighted by molar-refractivity contribution is 7.98. The van der Waals surface area contributed by atoms with Gasteiger partial charge in [0, 0.05) is 0 Å². The molecular weight excluding hydrogens is 348 g/mol. The van der Waals surface area contributed by atoms with Crippen molar-refractivity contribution >= 4 is 35.5 Å². The number of carbonyl (C=O) groups excluding carboxylic acids is 3. The Kier molecular flexibility index (Phi) is 10.8. The molecule has 9 nitrogen and oxygen atoms in total. The first-order valence-corrected chi connectivity index (χ1v) is 9.34. The highest BCUT2D eigenvalue weighted by Crippen LogP contribution is 2.05. The molecule has 3 unspecified atom stereocenters. The van der Waals surface area contributed by atoms with Crippen molar-refractivity contribution < 1.29 is 24.3 Å². The van der Waals surface area contributed by atoms with Gasteiger partial charge in [0.25, 0.3) is 0 Å². The number of carbonyl (C=O) groups is 4. The molecule has 0 aromatic rings. The Balaban J connectivity index is 4.75. The summed E-state index contributed by atoms with van der Waals surface area (Å²) in [6, 6.07) is -2.67. The summed E-state index contributed by atoms with van der Waals surface area (Å²) in [7, 11) is 0. The molecule has 0 aromatic heterocycles. The highest BCUT2D eigenvalue weighted by Gasteiger charge is 2.28. The van der Waals surface area contributed by atoms with Crippen molar-refractivity contribution in [2.24, 2.45) is 11.7 Å². The second-order valence-corrected chi connectivity index (χ2v) is 6.96. The summed E-state index contributed by atoms with van der Waals surface area (Å²) in [6.07, 6.45) is 2.12. The molecule has 0 bridgehead atoms. The van der Waals surface area contributed by atoms with Crippen LogP contribution in [-0.4, -0.2) is 65.5 Å². The van der Waals surface area contributed by atoms with Gasteiger partial charge in [-0.1, -0.05) is 13.8 Å². The molecule has 0 aromatic carbocycles. The minimum Gasteiger partial charge on any atom is -0.480 e. The molecule has 0 saturated heterocycles. The summed E-state index contributed by atoms with van der Waals surface area (Å²) in [5.41, 5.74) is 5.38. The van der Waals surface area contributed by atoms with E-state index in [0.29, 0.717) is 5.75 Å². The van der Waals surface area contributed by atoms with E-state index >= 15 is 0 Å². The fourth-order valence-corrected chi connectivity index (χ4v) is 2.31. The molecule has 3 atom stereocenters. The number of aliphatic carboxylic acids is 1. The Bertz CT molecular complexity index is 485. The number of carboxylic acids is 1. The summed E-state index contributed by atoms with van der Waals surface area (Å²) in [5, 5.41) is 16.5. The lowest BCUT2D eigenvalue weighted by Crippen LogP contribution is -2.55. The van der Waals surface area contributed by atoms with Crippen LogP contribution in [0.4, 0.5) is 0 Å². The fourth-order valence-electron chi connectivity index (χ4n) is 1.84. The first kappa shape index (κ1) is 23.2. The third kappa shape index (κ3) is 9.30. The number of hydrogen-bond acceptors (Lipinski definition) is 6. The van der Waals surface area contributed by atoms with Crippen LogP contribution in [0.15, 0.2) is 0 Å². The Morgan fingerprint density at radius 2 is 1.68 bits per heavy atom. The molecule has 0 aliphatic rings. The molecule has 0 radical (unpaired) electrons. The summed E-state index contributed by atoms with van der Waals surface area (Å²) in [5.74, 6) is -2.42. The van der Waals surface area contributed by atoms with Gasteiger partial charge in [0.15, 0.2) is 0 Å². The third-order valence-electron chi connectivity index (χ3n) is 3.33. The van der Waals surface area contributed by atoms with Crippen molar-refractivity contribution in [2.45, 2.75) is 45.3 Å². The van der Waals surface area contributed by atoms with Crippen molar-refractivity contribution in [2.75, 3.05) is 18.6 Å². The molecule has 0 fully saturated rings. The van der Waals surface area contributed by atoms with Gasteiger partial charge in [-0.3, -0.25) is 14.4 Å². The van der Waals surface area contributed by atoms with Crippen LogP contribution < -0.4 is 21.7 Å². The lowest BCUT2D eigenvalue weighted by atomic mass is 10.0. The van der Waals surface area contributed by atoms with Crippen LogP contribution in [0.2, 0.25) is 0 Å². The Labute approximate surface area is 151 Å². The normalized spacial score (nSPS) is 14.3. The molecule has 25 heavy (non-hydrogen) atoms. The zero-order valence-electron chi connectivity index (χ0n) is 15.0. The van der Waals surface area contributed by atoms with Crippen molar-refractivity contribution in [3.63, 3.8) is 0 Å². The van der Waals surface area contributed by atoms with Gasteiger partial charge in [0.1, 0.15) is 12.1 Å². The van der Waals surface area contributed by atoms with Gasteiger partial charge in [0.2, 0.25) is 17.7 Å². The van der Waals surface area contributed by atoms with Crippen LogP contribution in [-0.2, 0) is 19.2 Å². The van der Waals surface area contributed by atoms with E-state index in [1.165, 1.54) is 18.7 Å². The minimum atomic E-state index is -1.12. The third-order valence-corrected chi connectivity index (χ3v) is 3.97. The summed E-state index contributed by atoms with van der Waals surface area (Å²) < 4.78 is 0. The van der Waals surface area contributed by atoms with E-state index in [9.17, 15) is 24.3 Å². The van der Waals surface area contributed by atoms with Gasteiger partial charge in [-0.05, 0) is 31.3 Å². The SMILES string of the molecule is CSCCC(NC(=O)C(NC(=O)CNC(=O)C(C)N)C(C)C)C(=O)O. The number of thioether (sulfide) groups is 1. The standard InChI is InChI=1S/C15H28N4O5S/c1-8(2)12(19-11(20)7-17-13(21)9(3)16)14(22)18-10(15(23)24)5-6-25-4/h8-10,12H,5-7,16H2,1-4H3,(H,17,21)(H,18,22)(H,19,20)(H,23,24). The Morgan fingerprint density at radius 1 is 1.08 bits per heavy atom. The predicted octanol–water partition coefficient (Wildman–Crippen LogP) is -1.09. The van der Waals surface area contributed by atoms with Crippen LogP contribution in [0, 0.1) is 5.92 Å². The van der Waals surface area contributed by atoms with Crippen LogP contribution in [0.1, 0.15) is 27.2 Å². The van der Waals surface area contributed by atoms with Crippen molar-refractivity contribution in [3.8, 4) is 0 Å². The number of carboxylic acid groups (broad SMARTS) is 1. The fraction of sp³-hybridized carbons (Fsp3) is 0.733. The van der Waals surface area contributed by atoms with E-state index in [1.54, 1.807) is 13.8 Å². The molecule has 0 saturated carbocycles. The van der Waals surface area contributed by atoms with Crippen molar-refractivity contribution in [1.29, 1.82) is 0 Å². The van der Waals surface area contributed by atoms with E-state index in [-0.39, 0.29) is 18.9 Å². The zero-order valence-corrected chi connectivity index (χ0v) is 15.8. The molecule has 0 aliphatic carbocycles. The molecule has 0 aliphatic heterocycles. The zero-order chi connectivity index (χ0) is 19.6. The maximum absolute atomic E-state index is 12.3. The lowest BCUT2D eigenvalue weighted by Gasteiger charge is -2.24. The monoisotopic (exact) mass is 376 g/mol. The number of rotatable bonds is 11. The van der Waals surface area contributed by atoms with Crippen LogP contribution in [0.3, 0.4) is 0 Å². The smallest absolute Gasteiger partial charge is 0.326 e. The quantitative estimate of drug-likeness (QED) is 0.307. The van der Waals surface area contributed by atoms with Crippen molar-refractivity contribution in [3.05, 3.63) is 0 Å². The average Bonchev–Trinajstić information content (AvgIpc) is 2.53. The average molecular weight is 376 g/mol. The predicted molar refractivity (Wildman–Crippen MR) is 96.0 cm³/mol. The highest BCUT2D eigenvalue weighted by atomic mass is 32.2. The molecule has 0 rings (SSSR count). The summed E-state index contributed by atoms with van der Waals surface area (Å²) >= 11 is 1.48. The number of nitrogens with one attached hydrogen (secondary N) is 3. The molecule has 6 N–H and O–H groups in total. The van der Waals surface area contributed by atoms with E-state index in [2.05, 4.69) is 16.0 Å². The van der Waals surface area contributed by atoms with Gasteiger partial charge in [-0.2, -0.15) is 11.8 Å². The Hall–Kier alpha value is -1.81. The molecule has 0 spiro atoms. The van der Waals surface area contributed by atoms with Crippen molar-refractivity contribution in [1.82, 2.24) is 16.0 Å². The second-order valence-electron chi connectivity index (χ2n) is 5.98. The minimum absolute atomic E-state index is 0.261. The first-order valence-electron chi connectivity index (χ1n) is 7.94. The van der Waals surface area contributed by atoms with E-state index in [4.69, 9.17) is 5.73 Å². The lowest BCUT2D eigenvalue weighted by molar-refractivity contribution is -0.142. The van der Waals surface area contributed by atoms with Gasteiger partial charge < -0.3 is 26.8 Å². The van der Waals surface area contributed by atoms with Crippen LogP contribution in [0.5, 0.6) is 0 Å². The largest absolute Gasteiger partial charge is 0.480 e. The van der Waals surface area contributed by atoms with E-state index in [0.717, 1.165) is 0 Å².